The van der Waals surface area contributed by atoms with E-state index in [1.54, 1.807) is 4.90 Å². The second kappa shape index (κ2) is 8.72. The predicted molar refractivity (Wildman–Crippen MR) is 104 cm³/mol. The third-order valence-corrected chi connectivity index (χ3v) is 4.64. The van der Waals surface area contributed by atoms with Crippen molar-refractivity contribution >= 4 is 11.7 Å². The van der Waals surface area contributed by atoms with E-state index in [4.69, 9.17) is 4.74 Å². The van der Waals surface area contributed by atoms with Gasteiger partial charge in [-0.05, 0) is 30.2 Å². The molecule has 0 atom stereocenters. The Morgan fingerprint density at radius 2 is 1.65 bits per heavy atom. The summed E-state index contributed by atoms with van der Waals surface area (Å²) in [5.41, 5.74) is 4.66. The standard InChI is InChI=1S/C21H27N3O2/c1-17-3-5-18(6-4-17)15-22-21(25)23(2)16-19-7-9-20(10-8-19)24-11-13-26-14-12-24/h3-10H,11-16H2,1-2H3,(H,22,25). The number of urea groups is 1. The van der Waals surface area contributed by atoms with E-state index in [2.05, 4.69) is 53.5 Å². The molecule has 0 aliphatic carbocycles. The zero-order chi connectivity index (χ0) is 18.4. The van der Waals surface area contributed by atoms with Gasteiger partial charge in [-0.15, -0.1) is 0 Å². The summed E-state index contributed by atoms with van der Waals surface area (Å²) < 4.78 is 5.39. The molecule has 2 amide bonds. The number of aryl methyl sites for hydroxylation is 1. The van der Waals surface area contributed by atoms with Crippen LogP contribution in [-0.4, -0.2) is 44.3 Å². The molecule has 1 N–H and O–H groups in total. The molecule has 0 saturated carbocycles. The molecular weight excluding hydrogens is 326 g/mol. The zero-order valence-electron chi connectivity index (χ0n) is 15.6. The number of morpholine rings is 1. The molecule has 0 bridgehead atoms. The topological polar surface area (TPSA) is 44.8 Å². The van der Waals surface area contributed by atoms with Crippen LogP contribution in [0.15, 0.2) is 48.5 Å². The van der Waals surface area contributed by atoms with Crippen LogP contribution >= 0.6 is 0 Å². The molecule has 2 aromatic rings. The van der Waals surface area contributed by atoms with E-state index in [1.807, 2.05) is 19.2 Å². The predicted octanol–water partition coefficient (Wildman–Crippen LogP) is 3.17. The number of rotatable bonds is 5. The molecule has 1 heterocycles. The fourth-order valence-electron chi connectivity index (χ4n) is 3.00. The second-order valence-corrected chi connectivity index (χ2v) is 6.77. The van der Waals surface area contributed by atoms with Gasteiger partial charge >= 0.3 is 6.03 Å². The molecule has 0 aromatic heterocycles. The number of hydrogen-bond donors (Lipinski definition) is 1. The zero-order valence-corrected chi connectivity index (χ0v) is 15.6. The number of benzene rings is 2. The quantitative estimate of drug-likeness (QED) is 0.898. The van der Waals surface area contributed by atoms with E-state index in [0.29, 0.717) is 13.1 Å². The fraction of sp³-hybridized carbons (Fsp3) is 0.381. The van der Waals surface area contributed by atoms with Gasteiger partial charge in [-0.25, -0.2) is 4.79 Å². The summed E-state index contributed by atoms with van der Waals surface area (Å²) in [5, 5.41) is 2.97. The first-order valence-corrected chi connectivity index (χ1v) is 9.08. The molecule has 0 radical (unpaired) electrons. The van der Waals surface area contributed by atoms with Crippen molar-refractivity contribution in [1.82, 2.24) is 10.2 Å². The summed E-state index contributed by atoms with van der Waals surface area (Å²) >= 11 is 0. The van der Waals surface area contributed by atoms with Crippen LogP contribution in [-0.2, 0) is 17.8 Å². The molecule has 2 aromatic carbocycles. The molecule has 1 aliphatic rings. The van der Waals surface area contributed by atoms with Gasteiger partial charge in [0.25, 0.3) is 0 Å². The van der Waals surface area contributed by atoms with Gasteiger partial charge in [-0.2, -0.15) is 0 Å². The van der Waals surface area contributed by atoms with Crippen molar-refractivity contribution in [3.63, 3.8) is 0 Å². The summed E-state index contributed by atoms with van der Waals surface area (Å²) in [6, 6.07) is 16.6. The average molecular weight is 353 g/mol. The van der Waals surface area contributed by atoms with Crippen molar-refractivity contribution in [2.24, 2.45) is 0 Å². The molecule has 5 nitrogen and oxygen atoms in total. The Balaban J connectivity index is 1.49. The number of carbonyl (C=O) groups is 1. The van der Waals surface area contributed by atoms with E-state index < -0.39 is 0 Å². The molecule has 26 heavy (non-hydrogen) atoms. The van der Waals surface area contributed by atoms with E-state index >= 15 is 0 Å². The van der Waals surface area contributed by atoms with E-state index in [0.717, 1.165) is 37.4 Å². The molecule has 1 aliphatic heterocycles. The van der Waals surface area contributed by atoms with Crippen LogP contribution < -0.4 is 10.2 Å². The van der Waals surface area contributed by atoms with E-state index in [9.17, 15) is 4.79 Å². The molecule has 0 spiro atoms. The van der Waals surface area contributed by atoms with Gasteiger partial charge in [0.1, 0.15) is 0 Å². The lowest BCUT2D eigenvalue weighted by atomic mass is 10.1. The third kappa shape index (κ3) is 4.99. The number of nitrogens with one attached hydrogen (secondary N) is 1. The lowest BCUT2D eigenvalue weighted by molar-refractivity contribution is 0.122. The monoisotopic (exact) mass is 353 g/mol. The average Bonchev–Trinajstić information content (AvgIpc) is 2.68. The van der Waals surface area contributed by atoms with E-state index in [1.165, 1.54) is 11.3 Å². The molecule has 5 heteroatoms. The van der Waals surface area contributed by atoms with Gasteiger partial charge in [0.2, 0.25) is 0 Å². The van der Waals surface area contributed by atoms with Crippen LogP contribution in [0.4, 0.5) is 10.5 Å². The number of anilines is 1. The fourth-order valence-corrected chi connectivity index (χ4v) is 3.00. The lowest BCUT2D eigenvalue weighted by Crippen LogP contribution is -2.36. The number of hydrogen-bond acceptors (Lipinski definition) is 3. The Hall–Kier alpha value is -2.53. The van der Waals surface area contributed by atoms with E-state index in [-0.39, 0.29) is 6.03 Å². The Morgan fingerprint density at radius 3 is 2.31 bits per heavy atom. The Bertz CT molecular complexity index is 707. The maximum absolute atomic E-state index is 12.3. The van der Waals surface area contributed by atoms with Crippen molar-refractivity contribution in [2.45, 2.75) is 20.0 Å². The summed E-state index contributed by atoms with van der Waals surface area (Å²) in [7, 11) is 1.82. The molecule has 138 valence electrons. The summed E-state index contributed by atoms with van der Waals surface area (Å²) in [5.74, 6) is 0. The highest BCUT2D eigenvalue weighted by Crippen LogP contribution is 2.17. The number of nitrogens with zero attached hydrogens (tertiary/aromatic N) is 2. The molecule has 1 saturated heterocycles. The maximum Gasteiger partial charge on any atom is 0.317 e. The number of ether oxygens (including phenoxy) is 1. The van der Waals surface area contributed by atoms with Crippen molar-refractivity contribution in [3.8, 4) is 0 Å². The summed E-state index contributed by atoms with van der Waals surface area (Å²) in [6.45, 7) is 6.61. The first-order chi connectivity index (χ1) is 12.6. The third-order valence-electron chi connectivity index (χ3n) is 4.64. The molecule has 3 rings (SSSR count). The highest BCUT2D eigenvalue weighted by atomic mass is 16.5. The van der Waals surface area contributed by atoms with Crippen LogP contribution in [0, 0.1) is 6.92 Å². The lowest BCUT2D eigenvalue weighted by Gasteiger charge is -2.29. The van der Waals surface area contributed by atoms with Gasteiger partial charge in [0.15, 0.2) is 0 Å². The van der Waals surface area contributed by atoms with Crippen LogP contribution in [0.5, 0.6) is 0 Å². The summed E-state index contributed by atoms with van der Waals surface area (Å²) in [6.07, 6.45) is 0. The minimum absolute atomic E-state index is 0.0668. The number of amides is 2. The van der Waals surface area contributed by atoms with Gasteiger partial charge in [-0.1, -0.05) is 42.0 Å². The maximum atomic E-state index is 12.3. The van der Waals surface area contributed by atoms with Crippen LogP contribution in [0.1, 0.15) is 16.7 Å². The first-order valence-electron chi connectivity index (χ1n) is 9.08. The first kappa shape index (κ1) is 18.3. The van der Waals surface area contributed by atoms with Crippen molar-refractivity contribution in [2.75, 3.05) is 38.3 Å². The van der Waals surface area contributed by atoms with Crippen molar-refractivity contribution < 1.29 is 9.53 Å². The normalized spacial score (nSPS) is 14.2. The molecule has 1 fully saturated rings. The minimum atomic E-state index is -0.0668. The van der Waals surface area contributed by atoms with Crippen molar-refractivity contribution in [1.29, 1.82) is 0 Å². The SMILES string of the molecule is Cc1ccc(CNC(=O)N(C)Cc2ccc(N3CCOCC3)cc2)cc1. The Labute approximate surface area is 155 Å². The Kier molecular flexibility index (Phi) is 6.12. The highest BCUT2D eigenvalue weighted by molar-refractivity contribution is 5.73. The summed E-state index contributed by atoms with van der Waals surface area (Å²) in [4.78, 5) is 16.3. The molecule has 0 unspecified atom stereocenters. The minimum Gasteiger partial charge on any atom is -0.378 e. The Morgan fingerprint density at radius 1 is 1.04 bits per heavy atom. The second-order valence-electron chi connectivity index (χ2n) is 6.77. The van der Waals surface area contributed by atoms with Gasteiger partial charge in [0.05, 0.1) is 13.2 Å². The van der Waals surface area contributed by atoms with Crippen LogP contribution in [0.2, 0.25) is 0 Å². The van der Waals surface area contributed by atoms with Gasteiger partial charge in [-0.3, -0.25) is 0 Å². The van der Waals surface area contributed by atoms with Crippen molar-refractivity contribution in [3.05, 3.63) is 65.2 Å². The molecular formula is C21H27N3O2. The largest absolute Gasteiger partial charge is 0.378 e. The van der Waals surface area contributed by atoms with Gasteiger partial charge in [0, 0.05) is 38.9 Å². The number of carbonyl (C=O) groups excluding carboxylic acids is 1. The van der Waals surface area contributed by atoms with Crippen LogP contribution in [0.25, 0.3) is 0 Å². The van der Waals surface area contributed by atoms with Gasteiger partial charge < -0.3 is 19.9 Å². The van der Waals surface area contributed by atoms with Crippen LogP contribution in [0.3, 0.4) is 0 Å². The highest BCUT2D eigenvalue weighted by Gasteiger charge is 2.12. The smallest absolute Gasteiger partial charge is 0.317 e.